The van der Waals surface area contributed by atoms with E-state index in [9.17, 15) is 13.2 Å². The molecule has 0 aliphatic carbocycles. The summed E-state index contributed by atoms with van der Waals surface area (Å²) in [5.41, 5.74) is 0.762. The van der Waals surface area contributed by atoms with Gasteiger partial charge < -0.3 is 9.84 Å². The Morgan fingerprint density at radius 3 is 2.78 bits per heavy atom. The van der Waals surface area contributed by atoms with E-state index in [1.54, 1.807) is 12.3 Å². The molecule has 1 heterocycles. The Balaban J connectivity index is 2.84. The van der Waals surface area contributed by atoms with Crippen LogP contribution in [0.15, 0.2) is 5.38 Å². The van der Waals surface area contributed by atoms with Gasteiger partial charge in [-0.15, -0.1) is 11.3 Å². The summed E-state index contributed by atoms with van der Waals surface area (Å²) >= 11 is 1.00. The summed E-state index contributed by atoms with van der Waals surface area (Å²) < 4.78 is 30.6. The van der Waals surface area contributed by atoms with Crippen LogP contribution in [-0.4, -0.2) is 39.0 Å². The van der Waals surface area contributed by atoms with Crippen LogP contribution in [0.4, 0.5) is 5.69 Å². The summed E-state index contributed by atoms with van der Waals surface area (Å²) in [6, 6.07) is 0. The van der Waals surface area contributed by atoms with Crippen molar-refractivity contribution < 1.29 is 23.1 Å². The molecule has 0 saturated heterocycles. The first-order chi connectivity index (χ1) is 8.37. The van der Waals surface area contributed by atoms with Crippen LogP contribution in [0.2, 0.25) is 0 Å². The number of hydrogen-bond donors (Lipinski definition) is 2. The highest BCUT2D eigenvalue weighted by Gasteiger charge is 2.19. The number of carboxylic acid groups (broad SMARTS) is 1. The minimum atomic E-state index is -3.54. The lowest BCUT2D eigenvalue weighted by molar-refractivity contribution is 0.0703. The van der Waals surface area contributed by atoms with Crippen LogP contribution in [-0.2, 0) is 14.8 Å². The summed E-state index contributed by atoms with van der Waals surface area (Å²) in [7, 11) is -2.05. The van der Waals surface area contributed by atoms with E-state index in [4.69, 9.17) is 9.84 Å². The van der Waals surface area contributed by atoms with Crippen LogP contribution in [0.3, 0.4) is 0 Å². The number of thiophene rings is 1. The van der Waals surface area contributed by atoms with E-state index in [0.717, 1.165) is 11.3 Å². The smallest absolute Gasteiger partial charge is 0.348 e. The average molecular weight is 293 g/mol. The third kappa shape index (κ3) is 3.97. The lowest BCUT2D eigenvalue weighted by Gasteiger charge is -2.08. The van der Waals surface area contributed by atoms with Gasteiger partial charge in [-0.3, -0.25) is 4.72 Å². The molecular formula is C10H15NO5S2. The molecular weight excluding hydrogens is 278 g/mol. The van der Waals surface area contributed by atoms with Crippen molar-refractivity contribution in [1.82, 2.24) is 0 Å². The fourth-order valence-electron chi connectivity index (χ4n) is 1.33. The first-order valence-corrected chi connectivity index (χ1v) is 7.71. The van der Waals surface area contributed by atoms with Crippen LogP contribution in [0.1, 0.15) is 21.7 Å². The fourth-order valence-corrected chi connectivity index (χ4v) is 3.41. The molecule has 8 heteroatoms. The summed E-state index contributed by atoms with van der Waals surface area (Å²) in [6.07, 6.45) is 0.359. The number of aryl methyl sites for hydroxylation is 1. The second kappa shape index (κ2) is 6.17. The molecule has 0 spiro atoms. The normalized spacial score (nSPS) is 11.4. The molecule has 1 rings (SSSR count). The summed E-state index contributed by atoms with van der Waals surface area (Å²) in [5.74, 6) is -1.24. The van der Waals surface area contributed by atoms with E-state index in [1.165, 1.54) is 7.11 Å². The molecule has 0 aromatic carbocycles. The van der Waals surface area contributed by atoms with Crippen molar-refractivity contribution in [2.45, 2.75) is 13.3 Å². The van der Waals surface area contributed by atoms with Crippen LogP contribution in [0, 0.1) is 6.92 Å². The number of methoxy groups -OCH3 is 1. The van der Waals surface area contributed by atoms with Crippen molar-refractivity contribution in [3.8, 4) is 0 Å². The van der Waals surface area contributed by atoms with Gasteiger partial charge in [0.25, 0.3) is 0 Å². The molecule has 6 nitrogen and oxygen atoms in total. The second-order valence-electron chi connectivity index (χ2n) is 3.70. The number of anilines is 1. The van der Waals surface area contributed by atoms with Gasteiger partial charge in [-0.25, -0.2) is 13.2 Å². The molecule has 1 aromatic rings. The van der Waals surface area contributed by atoms with Crippen molar-refractivity contribution >= 4 is 33.0 Å². The van der Waals surface area contributed by atoms with Gasteiger partial charge in [0.05, 0.1) is 11.4 Å². The molecule has 0 saturated carbocycles. The number of carboxylic acids is 1. The molecule has 0 aliphatic heterocycles. The number of sulfonamides is 1. The Hall–Kier alpha value is -1.12. The number of rotatable bonds is 7. The largest absolute Gasteiger partial charge is 0.477 e. The van der Waals surface area contributed by atoms with Gasteiger partial charge >= 0.3 is 5.97 Å². The quantitative estimate of drug-likeness (QED) is 0.744. The minimum Gasteiger partial charge on any atom is -0.477 e. The monoisotopic (exact) mass is 293 g/mol. The zero-order chi connectivity index (χ0) is 13.8. The van der Waals surface area contributed by atoms with E-state index in [1.807, 2.05) is 0 Å². The SMILES string of the molecule is COCCCS(=O)(=O)Nc1c(C)csc1C(=O)O. The Morgan fingerprint density at radius 2 is 2.22 bits per heavy atom. The van der Waals surface area contributed by atoms with Gasteiger partial charge in [-0.1, -0.05) is 0 Å². The topological polar surface area (TPSA) is 92.7 Å². The van der Waals surface area contributed by atoms with Crippen LogP contribution in [0.5, 0.6) is 0 Å². The highest BCUT2D eigenvalue weighted by molar-refractivity contribution is 7.92. The van der Waals surface area contributed by atoms with E-state index in [-0.39, 0.29) is 16.3 Å². The first kappa shape index (κ1) is 14.9. The van der Waals surface area contributed by atoms with Crippen LogP contribution in [0.25, 0.3) is 0 Å². The van der Waals surface area contributed by atoms with Gasteiger partial charge in [0.15, 0.2) is 0 Å². The lowest BCUT2D eigenvalue weighted by Crippen LogP contribution is -2.19. The highest BCUT2D eigenvalue weighted by atomic mass is 32.2. The molecule has 0 radical (unpaired) electrons. The third-order valence-electron chi connectivity index (χ3n) is 2.19. The molecule has 0 unspecified atom stereocenters. The maximum Gasteiger partial charge on any atom is 0.348 e. The fraction of sp³-hybridized carbons (Fsp3) is 0.500. The van der Waals surface area contributed by atoms with Gasteiger partial charge in [0.1, 0.15) is 4.88 Å². The summed E-state index contributed by atoms with van der Waals surface area (Å²) in [6.45, 7) is 2.01. The molecule has 0 bridgehead atoms. The summed E-state index contributed by atoms with van der Waals surface area (Å²) in [5, 5.41) is 10.6. The Bertz CT molecular complexity index is 520. The molecule has 18 heavy (non-hydrogen) atoms. The second-order valence-corrected chi connectivity index (χ2v) is 6.42. The van der Waals surface area contributed by atoms with Crippen molar-refractivity contribution in [2.24, 2.45) is 0 Å². The van der Waals surface area contributed by atoms with Crippen LogP contribution < -0.4 is 4.72 Å². The molecule has 102 valence electrons. The van der Waals surface area contributed by atoms with E-state index >= 15 is 0 Å². The molecule has 0 aliphatic rings. The van der Waals surface area contributed by atoms with Crippen molar-refractivity contribution in [3.63, 3.8) is 0 Å². The van der Waals surface area contributed by atoms with Gasteiger partial charge in [-0.05, 0) is 24.3 Å². The molecule has 2 N–H and O–H groups in total. The average Bonchev–Trinajstić information content (AvgIpc) is 2.60. The number of hydrogen-bond acceptors (Lipinski definition) is 5. The van der Waals surface area contributed by atoms with Crippen molar-refractivity contribution in [3.05, 3.63) is 15.8 Å². The molecule has 1 aromatic heterocycles. The Morgan fingerprint density at radius 1 is 1.56 bits per heavy atom. The maximum atomic E-state index is 11.7. The van der Waals surface area contributed by atoms with Gasteiger partial charge in [0.2, 0.25) is 10.0 Å². The highest BCUT2D eigenvalue weighted by Crippen LogP contribution is 2.28. The number of ether oxygens (including phenoxy) is 1. The zero-order valence-electron chi connectivity index (χ0n) is 10.1. The maximum absolute atomic E-state index is 11.7. The number of aromatic carboxylic acids is 1. The number of carbonyl (C=O) groups is 1. The van der Waals surface area contributed by atoms with Crippen molar-refractivity contribution in [1.29, 1.82) is 0 Å². The van der Waals surface area contributed by atoms with Gasteiger partial charge in [0, 0.05) is 13.7 Å². The van der Waals surface area contributed by atoms with E-state index < -0.39 is 16.0 Å². The van der Waals surface area contributed by atoms with Crippen molar-refractivity contribution in [2.75, 3.05) is 24.2 Å². The number of nitrogens with one attached hydrogen (secondary N) is 1. The Kier molecular flexibility index (Phi) is 5.12. The molecule has 0 atom stereocenters. The lowest BCUT2D eigenvalue weighted by atomic mass is 10.3. The molecule has 0 fully saturated rings. The molecule has 0 amide bonds. The first-order valence-electron chi connectivity index (χ1n) is 5.18. The predicted octanol–water partition coefficient (Wildman–Crippen LogP) is 1.53. The standard InChI is InChI=1S/C10H15NO5S2/c1-7-6-17-9(10(12)13)8(7)11-18(14,15)5-3-4-16-2/h6,11H,3-5H2,1-2H3,(H,12,13). The Labute approximate surface area is 110 Å². The minimum absolute atomic E-state index is 0.00261. The van der Waals surface area contributed by atoms with Crippen LogP contribution >= 0.6 is 11.3 Å². The zero-order valence-corrected chi connectivity index (χ0v) is 11.7. The third-order valence-corrected chi connectivity index (χ3v) is 4.62. The van der Waals surface area contributed by atoms with Gasteiger partial charge in [-0.2, -0.15) is 0 Å². The summed E-state index contributed by atoms with van der Waals surface area (Å²) in [4.78, 5) is 10.9. The predicted molar refractivity (Wildman–Crippen MR) is 69.9 cm³/mol. The van der Waals surface area contributed by atoms with E-state index in [2.05, 4.69) is 4.72 Å². The van der Waals surface area contributed by atoms with E-state index in [0.29, 0.717) is 18.6 Å².